The van der Waals surface area contributed by atoms with E-state index >= 15 is 0 Å². The minimum atomic E-state index is -4.26. The Labute approximate surface area is 105 Å². The van der Waals surface area contributed by atoms with Crippen molar-refractivity contribution in [3.05, 3.63) is 35.4 Å². The average Bonchev–Trinajstić information content (AvgIpc) is 2.34. The van der Waals surface area contributed by atoms with E-state index in [2.05, 4.69) is 13.8 Å². The molecule has 1 aromatic carbocycles. The smallest absolute Gasteiger partial charge is 0.327 e. The van der Waals surface area contributed by atoms with Gasteiger partial charge in [0.1, 0.15) is 0 Å². The standard InChI is InChI=1S/C14H18F3N/c1-3-13(2)11(8-12(13)18)9-4-6-10(7-5-9)14(15,16)17/h4-7,11-12H,3,8,18H2,1-2H3. The minimum absolute atomic E-state index is 0.0136. The first-order chi connectivity index (χ1) is 8.29. The first kappa shape index (κ1) is 13.4. The van der Waals surface area contributed by atoms with Crippen molar-refractivity contribution < 1.29 is 13.2 Å². The largest absolute Gasteiger partial charge is 0.416 e. The molecule has 1 nitrogen and oxygen atoms in total. The van der Waals surface area contributed by atoms with Gasteiger partial charge in [0, 0.05) is 6.04 Å². The van der Waals surface area contributed by atoms with Gasteiger partial charge in [0.15, 0.2) is 0 Å². The van der Waals surface area contributed by atoms with Gasteiger partial charge in [-0.1, -0.05) is 26.0 Å². The maximum Gasteiger partial charge on any atom is 0.416 e. The molecule has 1 fully saturated rings. The fraction of sp³-hybridized carbons (Fsp3) is 0.571. The summed E-state index contributed by atoms with van der Waals surface area (Å²) < 4.78 is 37.4. The summed E-state index contributed by atoms with van der Waals surface area (Å²) in [5.74, 6) is 0.278. The first-order valence-corrected chi connectivity index (χ1v) is 6.21. The Kier molecular flexibility index (Phi) is 3.18. The fourth-order valence-electron chi connectivity index (χ4n) is 2.82. The molecule has 0 amide bonds. The average molecular weight is 257 g/mol. The van der Waals surface area contributed by atoms with Crippen LogP contribution in [0.5, 0.6) is 0 Å². The van der Waals surface area contributed by atoms with Crippen LogP contribution >= 0.6 is 0 Å². The molecule has 1 aliphatic carbocycles. The quantitative estimate of drug-likeness (QED) is 0.853. The molecule has 0 aromatic heterocycles. The minimum Gasteiger partial charge on any atom is -0.327 e. The third-order valence-corrected chi connectivity index (χ3v) is 4.53. The van der Waals surface area contributed by atoms with E-state index in [9.17, 15) is 13.2 Å². The predicted molar refractivity (Wildman–Crippen MR) is 65.2 cm³/mol. The van der Waals surface area contributed by atoms with Crippen LogP contribution in [0.4, 0.5) is 13.2 Å². The number of alkyl halides is 3. The molecule has 3 unspecified atom stereocenters. The van der Waals surface area contributed by atoms with Crippen LogP contribution in [0.2, 0.25) is 0 Å². The maximum absolute atomic E-state index is 12.5. The van der Waals surface area contributed by atoms with Gasteiger partial charge in [-0.2, -0.15) is 13.2 Å². The van der Waals surface area contributed by atoms with E-state index < -0.39 is 11.7 Å². The summed E-state index contributed by atoms with van der Waals surface area (Å²) >= 11 is 0. The van der Waals surface area contributed by atoms with Gasteiger partial charge < -0.3 is 5.73 Å². The van der Waals surface area contributed by atoms with Gasteiger partial charge in [-0.3, -0.25) is 0 Å². The molecule has 2 rings (SSSR count). The van der Waals surface area contributed by atoms with E-state index in [1.54, 1.807) is 12.1 Å². The lowest BCUT2D eigenvalue weighted by Gasteiger charge is -2.53. The summed E-state index contributed by atoms with van der Waals surface area (Å²) in [6.45, 7) is 4.19. The summed E-state index contributed by atoms with van der Waals surface area (Å²) in [6, 6.07) is 5.65. The number of hydrogen-bond donors (Lipinski definition) is 1. The van der Waals surface area contributed by atoms with Gasteiger partial charge in [0.25, 0.3) is 0 Å². The Morgan fingerprint density at radius 1 is 1.28 bits per heavy atom. The van der Waals surface area contributed by atoms with E-state index in [-0.39, 0.29) is 17.4 Å². The lowest BCUT2D eigenvalue weighted by molar-refractivity contribution is -0.137. The van der Waals surface area contributed by atoms with Gasteiger partial charge in [-0.15, -0.1) is 0 Å². The second-order valence-corrected chi connectivity index (χ2v) is 5.37. The molecular weight excluding hydrogens is 239 g/mol. The van der Waals surface area contributed by atoms with Crippen molar-refractivity contribution >= 4 is 0 Å². The van der Waals surface area contributed by atoms with Crippen molar-refractivity contribution in [3.63, 3.8) is 0 Å². The molecule has 0 bridgehead atoms. The summed E-state index contributed by atoms with van der Waals surface area (Å²) in [7, 11) is 0. The Hall–Kier alpha value is -1.03. The number of nitrogens with two attached hydrogens (primary N) is 1. The first-order valence-electron chi connectivity index (χ1n) is 6.21. The molecule has 100 valence electrons. The second-order valence-electron chi connectivity index (χ2n) is 5.37. The van der Waals surface area contributed by atoms with Gasteiger partial charge in [0.2, 0.25) is 0 Å². The summed E-state index contributed by atoms with van der Waals surface area (Å²) in [6.07, 6.45) is -2.46. The van der Waals surface area contributed by atoms with Gasteiger partial charge in [-0.05, 0) is 41.9 Å². The third-order valence-electron chi connectivity index (χ3n) is 4.53. The van der Waals surface area contributed by atoms with E-state index in [4.69, 9.17) is 5.73 Å². The molecule has 18 heavy (non-hydrogen) atoms. The van der Waals surface area contributed by atoms with E-state index in [0.717, 1.165) is 30.5 Å². The van der Waals surface area contributed by atoms with E-state index in [1.807, 2.05) is 0 Å². The Morgan fingerprint density at radius 3 is 2.22 bits per heavy atom. The highest BCUT2D eigenvalue weighted by molar-refractivity contribution is 5.31. The molecule has 2 N–H and O–H groups in total. The highest BCUT2D eigenvalue weighted by atomic mass is 19.4. The molecule has 0 spiro atoms. The Bertz CT molecular complexity index is 424. The Balaban J connectivity index is 2.22. The summed E-state index contributed by atoms with van der Waals surface area (Å²) in [5.41, 5.74) is 6.41. The second kappa shape index (κ2) is 4.26. The van der Waals surface area contributed by atoms with Crippen LogP contribution in [0.3, 0.4) is 0 Å². The molecule has 1 saturated carbocycles. The molecule has 4 heteroatoms. The monoisotopic (exact) mass is 257 g/mol. The SMILES string of the molecule is CCC1(C)C(N)CC1c1ccc(C(F)(F)F)cc1. The zero-order valence-corrected chi connectivity index (χ0v) is 10.6. The van der Waals surface area contributed by atoms with Crippen molar-refractivity contribution in [2.24, 2.45) is 11.1 Å². The molecule has 1 aromatic rings. The van der Waals surface area contributed by atoms with Gasteiger partial charge in [-0.25, -0.2) is 0 Å². The predicted octanol–water partition coefficient (Wildman–Crippen LogP) is 3.94. The van der Waals surface area contributed by atoms with Crippen LogP contribution in [0.15, 0.2) is 24.3 Å². The van der Waals surface area contributed by atoms with Crippen molar-refractivity contribution in [2.75, 3.05) is 0 Å². The van der Waals surface area contributed by atoms with Crippen LogP contribution in [0.25, 0.3) is 0 Å². The molecule has 0 radical (unpaired) electrons. The topological polar surface area (TPSA) is 26.0 Å². The number of hydrogen-bond acceptors (Lipinski definition) is 1. The van der Waals surface area contributed by atoms with Gasteiger partial charge in [0.05, 0.1) is 5.56 Å². The van der Waals surface area contributed by atoms with Crippen molar-refractivity contribution in [1.82, 2.24) is 0 Å². The van der Waals surface area contributed by atoms with Crippen molar-refractivity contribution in [3.8, 4) is 0 Å². The van der Waals surface area contributed by atoms with Crippen molar-refractivity contribution in [1.29, 1.82) is 0 Å². The highest BCUT2D eigenvalue weighted by Gasteiger charge is 2.48. The van der Waals surface area contributed by atoms with E-state index in [1.165, 1.54) is 0 Å². The van der Waals surface area contributed by atoms with Crippen LogP contribution in [0, 0.1) is 5.41 Å². The number of rotatable bonds is 2. The van der Waals surface area contributed by atoms with Crippen LogP contribution in [0.1, 0.15) is 43.7 Å². The zero-order chi connectivity index (χ0) is 13.6. The zero-order valence-electron chi connectivity index (χ0n) is 10.6. The van der Waals surface area contributed by atoms with E-state index in [0.29, 0.717) is 0 Å². The number of halogens is 3. The molecule has 0 saturated heterocycles. The summed E-state index contributed by atoms with van der Waals surface area (Å²) in [5, 5.41) is 0. The van der Waals surface area contributed by atoms with Crippen LogP contribution in [-0.2, 0) is 6.18 Å². The maximum atomic E-state index is 12.5. The normalized spacial score (nSPS) is 32.1. The molecule has 0 heterocycles. The summed E-state index contributed by atoms with van der Waals surface area (Å²) in [4.78, 5) is 0. The van der Waals surface area contributed by atoms with Gasteiger partial charge >= 0.3 is 6.18 Å². The number of benzene rings is 1. The van der Waals surface area contributed by atoms with Crippen LogP contribution in [-0.4, -0.2) is 6.04 Å². The molecule has 1 aliphatic rings. The lowest BCUT2D eigenvalue weighted by atomic mass is 9.54. The molecular formula is C14H18F3N. The van der Waals surface area contributed by atoms with Crippen LogP contribution < -0.4 is 5.73 Å². The fourth-order valence-corrected chi connectivity index (χ4v) is 2.82. The molecule has 0 aliphatic heterocycles. The Morgan fingerprint density at radius 2 is 1.83 bits per heavy atom. The molecule has 3 atom stereocenters. The lowest BCUT2D eigenvalue weighted by Crippen LogP contribution is -2.54. The van der Waals surface area contributed by atoms with Crippen molar-refractivity contribution in [2.45, 2.75) is 44.8 Å². The highest BCUT2D eigenvalue weighted by Crippen LogP contribution is 2.54. The third kappa shape index (κ3) is 2.03.